The molecule has 0 aliphatic rings. The summed E-state index contributed by atoms with van der Waals surface area (Å²) in [5.74, 6) is 1.14. The van der Waals surface area contributed by atoms with Gasteiger partial charge in [0, 0.05) is 35.9 Å². The van der Waals surface area contributed by atoms with Crippen molar-refractivity contribution in [1.82, 2.24) is 14.9 Å². The van der Waals surface area contributed by atoms with Crippen molar-refractivity contribution in [2.45, 2.75) is 39.3 Å². The highest BCUT2D eigenvalue weighted by Crippen LogP contribution is 2.20. The van der Waals surface area contributed by atoms with E-state index in [1.165, 1.54) is 5.56 Å². The highest BCUT2D eigenvalue weighted by atomic mass is 79.9. The van der Waals surface area contributed by atoms with E-state index in [1.54, 1.807) is 0 Å². The van der Waals surface area contributed by atoms with Gasteiger partial charge in [0.2, 0.25) is 0 Å². The third kappa shape index (κ3) is 3.93. The molecule has 0 bridgehead atoms. The molecule has 4 heteroatoms. The van der Waals surface area contributed by atoms with Crippen LogP contribution >= 0.6 is 15.9 Å². The number of aromatic nitrogens is 2. The number of nitrogens with one attached hydrogen (secondary N) is 1. The molecule has 2 rings (SSSR count). The monoisotopic (exact) mass is 335 g/mol. The second-order valence-electron chi connectivity index (χ2n) is 4.89. The van der Waals surface area contributed by atoms with Crippen LogP contribution in [0, 0.1) is 0 Å². The molecular formula is C16H22BrN3. The Labute approximate surface area is 129 Å². The number of aryl methyl sites for hydroxylation is 1. The summed E-state index contributed by atoms with van der Waals surface area (Å²) in [6.45, 7) is 6.33. The fourth-order valence-corrected chi connectivity index (χ4v) is 2.59. The van der Waals surface area contributed by atoms with Gasteiger partial charge in [-0.05, 0) is 37.6 Å². The highest BCUT2D eigenvalue weighted by Gasteiger charge is 2.14. The van der Waals surface area contributed by atoms with Crippen molar-refractivity contribution in [2.75, 3.05) is 6.54 Å². The minimum atomic E-state index is 0.316. The van der Waals surface area contributed by atoms with Crippen LogP contribution in [-0.4, -0.2) is 16.1 Å². The maximum absolute atomic E-state index is 4.49. The molecule has 3 nitrogen and oxygen atoms in total. The van der Waals surface area contributed by atoms with Gasteiger partial charge in [-0.15, -0.1) is 0 Å². The van der Waals surface area contributed by atoms with Gasteiger partial charge in [0.1, 0.15) is 5.82 Å². The predicted molar refractivity (Wildman–Crippen MR) is 86.8 cm³/mol. The standard InChI is InChI=1S/C16H22BrN3/c1-3-9-18-15(13-5-7-14(17)8-6-13)12-16-19-10-11-20(16)4-2/h5-8,10-11,15,18H,3-4,9,12H2,1-2H3. The molecule has 1 aromatic carbocycles. The smallest absolute Gasteiger partial charge is 0.110 e. The summed E-state index contributed by atoms with van der Waals surface area (Å²) in [5.41, 5.74) is 1.31. The van der Waals surface area contributed by atoms with Crippen molar-refractivity contribution >= 4 is 15.9 Å². The van der Waals surface area contributed by atoms with Gasteiger partial charge in [0.05, 0.1) is 0 Å². The van der Waals surface area contributed by atoms with Gasteiger partial charge in [0.15, 0.2) is 0 Å². The van der Waals surface area contributed by atoms with Crippen LogP contribution in [0.2, 0.25) is 0 Å². The van der Waals surface area contributed by atoms with E-state index in [2.05, 4.69) is 68.9 Å². The molecule has 0 saturated heterocycles. The highest BCUT2D eigenvalue weighted by molar-refractivity contribution is 9.10. The van der Waals surface area contributed by atoms with Crippen molar-refractivity contribution in [3.8, 4) is 0 Å². The number of hydrogen-bond acceptors (Lipinski definition) is 2. The molecule has 0 amide bonds. The summed E-state index contributed by atoms with van der Waals surface area (Å²) in [6, 6.07) is 8.87. The predicted octanol–water partition coefficient (Wildman–Crippen LogP) is 3.95. The molecule has 0 aliphatic heterocycles. The van der Waals surface area contributed by atoms with Crippen LogP contribution in [0.5, 0.6) is 0 Å². The number of halogens is 1. The minimum Gasteiger partial charge on any atom is -0.335 e. The van der Waals surface area contributed by atoms with Crippen LogP contribution in [0.15, 0.2) is 41.1 Å². The van der Waals surface area contributed by atoms with Crippen LogP contribution in [0.1, 0.15) is 37.7 Å². The Hall–Kier alpha value is -1.13. The van der Waals surface area contributed by atoms with Crippen molar-refractivity contribution < 1.29 is 0 Å². The fourth-order valence-electron chi connectivity index (χ4n) is 2.32. The first kappa shape index (κ1) is 15.3. The Kier molecular flexibility index (Phi) is 5.80. The van der Waals surface area contributed by atoms with Crippen molar-refractivity contribution in [3.05, 3.63) is 52.5 Å². The largest absolute Gasteiger partial charge is 0.335 e. The lowest BCUT2D eigenvalue weighted by Gasteiger charge is -2.19. The van der Waals surface area contributed by atoms with Crippen LogP contribution in [-0.2, 0) is 13.0 Å². The molecule has 0 saturated carbocycles. The Bertz CT molecular complexity index is 519. The number of benzene rings is 1. The third-order valence-corrected chi connectivity index (χ3v) is 3.97. The fraction of sp³-hybridized carbons (Fsp3) is 0.438. The lowest BCUT2D eigenvalue weighted by atomic mass is 10.0. The van der Waals surface area contributed by atoms with E-state index in [-0.39, 0.29) is 0 Å². The zero-order chi connectivity index (χ0) is 14.4. The van der Waals surface area contributed by atoms with Crippen LogP contribution in [0.25, 0.3) is 0 Å². The van der Waals surface area contributed by atoms with Crippen molar-refractivity contribution in [1.29, 1.82) is 0 Å². The number of hydrogen-bond donors (Lipinski definition) is 1. The van der Waals surface area contributed by atoms with E-state index in [9.17, 15) is 0 Å². The average Bonchev–Trinajstić information content (AvgIpc) is 2.91. The van der Waals surface area contributed by atoms with Gasteiger partial charge in [0.25, 0.3) is 0 Å². The zero-order valence-corrected chi connectivity index (χ0v) is 13.7. The van der Waals surface area contributed by atoms with Crippen LogP contribution in [0.3, 0.4) is 0 Å². The van der Waals surface area contributed by atoms with Crippen LogP contribution in [0.4, 0.5) is 0 Å². The molecule has 1 atom stereocenters. The van der Waals surface area contributed by atoms with Gasteiger partial charge < -0.3 is 9.88 Å². The first-order valence-corrected chi connectivity index (χ1v) is 8.02. The normalized spacial score (nSPS) is 12.6. The Balaban J connectivity index is 2.17. The zero-order valence-electron chi connectivity index (χ0n) is 12.1. The van der Waals surface area contributed by atoms with Gasteiger partial charge >= 0.3 is 0 Å². The van der Waals surface area contributed by atoms with Crippen molar-refractivity contribution in [2.24, 2.45) is 0 Å². The van der Waals surface area contributed by atoms with Gasteiger partial charge in [-0.1, -0.05) is 35.0 Å². The molecule has 1 aromatic heterocycles. The number of rotatable bonds is 7. The van der Waals surface area contributed by atoms with E-state index < -0.39 is 0 Å². The Morgan fingerprint density at radius 3 is 2.65 bits per heavy atom. The summed E-state index contributed by atoms with van der Waals surface area (Å²) in [4.78, 5) is 4.49. The summed E-state index contributed by atoms with van der Waals surface area (Å²) in [6.07, 6.45) is 5.99. The Morgan fingerprint density at radius 1 is 1.25 bits per heavy atom. The second kappa shape index (κ2) is 7.60. The first-order chi connectivity index (χ1) is 9.74. The lowest BCUT2D eigenvalue weighted by Crippen LogP contribution is -2.25. The molecule has 20 heavy (non-hydrogen) atoms. The molecule has 0 radical (unpaired) electrons. The molecule has 108 valence electrons. The van der Waals surface area contributed by atoms with Crippen LogP contribution < -0.4 is 5.32 Å². The molecular weight excluding hydrogens is 314 g/mol. The van der Waals surface area contributed by atoms with E-state index in [0.717, 1.165) is 36.2 Å². The maximum Gasteiger partial charge on any atom is 0.110 e. The van der Waals surface area contributed by atoms with Gasteiger partial charge in [-0.3, -0.25) is 0 Å². The second-order valence-corrected chi connectivity index (χ2v) is 5.81. The molecule has 0 spiro atoms. The maximum atomic E-state index is 4.49. The quantitative estimate of drug-likeness (QED) is 0.830. The topological polar surface area (TPSA) is 29.9 Å². The summed E-state index contributed by atoms with van der Waals surface area (Å²) < 4.78 is 3.32. The van der Waals surface area contributed by atoms with E-state index in [0.29, 0.717) is 6.04 Å². The number of nitrogens with zero attached hydrogens (tertiary/aromatic N) is 2. The molecule has 0 aliphatic carbocycles. The van der Waals surface area contributed by atoms with Crippen molar-refractivity contribution in [3.63, 3.8) is 0 Å². The lowest BCUT2D eigenvalue weighted by molar-refractivity contribution is 0.506. The van der Waals surface area contributed by atoms with Gasteiger partial charge in [-0.25, -0.2) is 4.98 Å². The molecule has 0 fully saturated rings. The third-order valence-electron chi connectivity index (χ3n) is 3.44. The first-order valence-electron chi connectivity index (χ1n) is 7.23. The minimum absolute atomic E-state index is 0.316. The van der Waals surface area contributed by atoms with E-state index in [4.69, 9.17) is 0 Å². The van der Waals surface area contributed by atoms with E-state index in [1.807, 2.05) is 12.4 Å². The molecule has 1 heterocycles. The Morgan fingerprint density at radius 2 is 2.00 bits per heavy atom. The van der Waals surface area contributed by atoms with Gasteiger partial charge in [-0.2, -0.15) is 0 Å². The molecule has 2 aromatic rings. The molecule has 1 N–H and O–H groups in total. The summed E-state index contributed by atoms with van der Waals surface area (Å²) >= 11 is 3.49. The summed E-state index contributed by atoms with van der Waals surface area (Å²) in [7, 11) is 0. The average molecular weight is 336 g/mol. The SMILES string of the molecule is CCCNC(Cc1nccn1CC)c1ccc(Br)cc1. The summed E-state index contributed by atoms with van der Waals surface area (Å²) in [5, 5.41) is 3.63. The number of imidazole rings is 1. The molecule has 1 unspecified atom stereocenters. The van der Waals surface area contributed by atoms with E-state index >= 15 is 0 Å².